The van der Waals surface area contributed by atoms with Gasteiger partial charge in [0.05, 0.1) is 12.2 Å². The SMILES string of the molecule is O=c1cc2c(nn1CCN1CCN(Cc3noc4c3CCCC4)CC1)CCSC2. The Bertz CT molecular complexity index is 916. The highest BCUT2D eigenvalue weighted by atomic mass is 32.2. The summed E-state index contributed by atoms with van der Waals surface area (Å²) < 4.78 is 7.23. The molecular weight excluding hydrogens is 386 g/mol. The molecule has 4 heterocycles. The lowest BCUT2D eigenvalue weighted by Gasteiger charge is -2.34. The van der Waals surface area contributed by atoms with Crippen molar-refractivity contribution < 1.29 is 4.52 Å². The maximum absolute atomic E-state index is 12.4. The van der Waals surface area contributed by atoms with E-state index in [1.165, 1.54) is 18.4 Å². The molecule has 0 N–H and O–H groups in total. The number of piperazine rings is 1. The Morgan fingerprint density at radius 1 is 1.03 bits per heavy atom. The van der Waals surface area contributed by atoms with E-state index in [2.05, 4.69) is 20.1 Å². The third-order valence-electron chi connectivity index (χ3n) is 6.40. The van der Waals surface area contributed by atoms with Crippen molar-refractivity contribution in [3.63, 3.8) is 0 Å². The van der Waals surface area contributed by atoms with E-state index in [9.17, 15) is 4.79 Å². The van der Waals surface area contributed by atoms with Gasteiger partial charge >= 0.3 is 0 Å². The van der Waals surface area contributed by atoms with Crippen LogP contribution in [0.15, 0.2) is 15.4 Å². The van der Waals surface area contributed by atoms with Crippen LogP contribution in [0.1, 0.15) is 41.1 Å². The quantitative estimate of drug-likeness (QED) is 0.737. The smallest absolute Gasteiger partial charge is 0.267 e. The van der Waals surface area contributed by atoms with Crippen LogP contribution in [0.4, 0.5) is 0 Å². The Kier molecular flexibility index (Phi) is 5.74. The third kappa shape index (κ3) is 4.29. The zero-order chi connectivity index (χ0) is 19.6. The predicted molar refractivity (Wildman–Crippen MR) is 113 cm³/mol. The summed E-state index contributed by atoms with van der Waals surface area (Å²) in [5.41, 5.74) is 4.81. The van der Waals surface area contributed by atoms with Crippen molar-refractivity contribution in [2.45, 2.75) is 50.9 Å². The van der Waals surface area contributed by atoms with E-state index in [0.29, 0.717) is 6.54 Å². The molecule has 2 aromatic heterocycles. The van der Waals surface area contributed by atoms with Crippen LogP contribution < -0.4 is 5.56 Å². The van der Waals surface area contributed by atoms with Gasteiger partial charge in [0.2, 0.25) is 0 Å². The van der Waals surface area contributed by atoms with Crippen LogP contribution in [0, 0.1) is 0 Å². The van der Waals surface area contributed by atoms with Crippen molar-refractivity contribution in [3.05, 3.63) is 44.7 Å². The first-order valence-electron chi connectivity index (χ1n) is 10.8. The van der Waals surface area contributed by atoms with Crippen LogP contribution >= 0.6 is 11.8 Å². The summed E-state index contributed by atoms with van der Waals surface area (Å²) in [4.78, 5) is 17.3. The molecule has 0 saturated carbocycles. The fourth-order valence-electron chi connectivity index (χ4n) is 4.60. The summed E-state index contributed by atoms with van der Waals surface area (Å²) in [5.74, 6) is 3.15. The first-order valence-corrected chi connectivity index (χ1v) is 12.0. The molecule has 0 aromatic carbocycles. The van der Waals surface area contributed by atoms with Crippen molar-refractivity contribution in [3.8, 4) is 0 Å². The molecule has 29 heavy (non-hydrogen) atoms. The highest BCUT2D eigenvalue weighted by Crippen LogP contribution is 2.25. The van der Waals surface area contributed by atoms with Crippen LogP contribution in [0.5, 0.6) is 0 Å². The molecule has 0 bridgehead atoms. The van der Waals surface area contributed by atoms with Crippen LogP contribution in [0.25, 0.3) is 0 Å². The van der Waals surface area contributed by atoms with E-state index < -0.39 is 0 Å². The topological polar surface area (TPSA) is 67.4 Å². The Hall–Kier alpha value is -1.64. The first kappa shape index (κ1) is 19.3. The Balaban J connectivity index is 1.13. The minimum atomic E-state index is 0.0423. The second kappa shape index (κ2) is 8.62. The highest BCUT2D eigenvalue weighted by Gasteiger charge is 2.23. The molecule has 7 nitrogen and oxygen atoms in total. The average molecular weight is 416 g/mol. The van der Waals surface area contributed by atoms with Gasteiger partial charge in [-0.1, -0.05) is 5.16 Å². The summed E-state index contributed by atoms with van der Waals surface area (Å²) >= 11 is 1.89. The monoisotopic (exact) mass is 415 g/mol. The molecule has 2 aromatic rings. The van der Waals surface area contributed by atoms with Crippen molar-refractivity contribution in [2.75, 3.05) is 38.5 Å². The minimum Gasteiger partial charge on any atom is -0.361 e. The van der Waals surface area contributed by atoms with Gasteiger partial charge < -0.3 is 4.52 Å². The minimum absolute atomic E-state index is 0.0423. The summed E-state index contributed by atoms with van der Waals surface area (Å²) in [7, 11) is 0. The molecule has 2 aliphatic heterocycles. The largest absolute Gasteiger partial charge is 0.361 e. The molecule has 1 saturated heterocycles. The summed E-state index contributed by atoms with van der Waals surface area (Å²) in [6, 6.07) is 1.80. The molecule has 0 atom stereocenters. The van der Waals surface area contributed by atoms with Gasteiger partial charge in [-0.3, -0.25) is 14.6 Å². The molecule has 0 unspecified atom stereocenters. The highest BCUT2D eigenvalue weighted by molar-refractivity contribution is 7.98. The number of rotatable bonds is 5. The van der Waals surface area contributed by atoms with Gasteiger partial charge in [-0.15, -0.1) is 0 Å². The van der Waals surface area contributed by atoms with Gasteiger partial charge in [-0.25, -0.2) is 4.68 Å². The van der Waals surface area contributed by atoms with Gasteiger partial charge in [0, 0.05) is 69.5 Å². The lowest BCUT2D eigenvalue weighted by molar-refractivity contribution is 0.120. The van der Waals surface area contributed by atoms with E-state index in [-0.39, 0.29) is 5.56 Å². The number of aryl methyl sites for hydroxylation is 2. The molecule has 1 fully saturated rings. The van der Waals surface area contributed by atoms with Crippen molar-refractivity contribution in [1.82, 2.24) is 24.7 Å². The van der Waals surface area contributed by atoms with E-state index in [1.54, 1.807) is 10.7 Å². The van der Waals surface area contributed by atoms with Gasteiger partial charge in [-0.05, 0) is 30.6 Å². The van der Waals surface area contributed by atoms with Gasteiger partial charge in [0.25, 0.3) is 5.56 Å². The van der Waals surface area contributed by atoms with Crippen LogP contribution in [-0.4, -0.2) is 63.2 Å². The molecule has 0 amide bonds. The number of aromatic nitrogens is 3. The van der Waals surface area contributed by atoms with Gasteiger partial charge in [-0.2, -0.15) is 16.9 Å². The lowest BCUT2D eigenvalue weighted by atomic mass is 9.96. The van der Waals surface area contributed by atoms with Crippen molar-refractivity contribution >= 4 is 11.8 Å². The number of nitrogens with zero attached hydrogens (tertiary/aromatic N) is 5. The molecule has 3 aliphatic rings. The second-order valence-electron chi connectivity index (χ2n) is 8.34. The second-order valence-corrected chi connectivity index (χ2v) is 9.44. The molecule has 156 valence electrons. The molecule has 5 rings (SSSR count). The Morgan fingerprint density at radius 3 is 2.76 bits per heavy atom. The maximum atomic E-state index is 12.4. The zero-order valence-electron chi connectivity index (χ0n) is 16.9. The molecule has 0 radical (unpaired) electrons. The third-order valence-corrected chi connectivity index (χ3v) is 7.41. The fourth-order valence-corrected chi connectivity index (χ4v) is 5.56. The van der Waals surface area contributed by atoms with E-state index in [1.807, 2.05) is 11.8 Å². The molecule has 0 spiro atoms. The lowest BCUT2D eigenvalue weighted by Crippen LogP contribution is -2.47. The van der Waals surface area contributed by atoms with Crippen LogP contribution in [0.3, 0.4) is 0 Å². The fraction of sp³-hybridized carbons (Fsp3) is 0.667. The number of hydrogen-bond acceptors (Lipinski definition) is 7. The van der Waals surface area contributed by atoms with Crippen molar-refractivity contribution in [2.24, 2.45) is 0 Å². The zero-order valence-corrected chi connectivity index (χ0v) is 17.8. The maximum Gasteiger partial charge on any atom is 0.267 e. The summed E-state index contributed by atoms with van der Waals surface area (Å²) in [6.45, 7) is 6.57. The van der Waals surface area contributed by atoms with Gasteiger partial charge in [0.1, 0.15) is 11.5 Å². The van der Waals surface area contributed by atoms with Crippen LogP contribution in [0.2, 0.25) is 0 Å². The van der Waals surface area contributed by atoms with E-state index >= 15 is 0 Å². The molecule has 8 heteroatoms. The number of hydrogen-bond donors (Lipinski definition) is 0. The van der Waals surface area contributed by atoms with E-state index in [4.69, 9.17) is 4.52 Å². The van der Waals surface area contributed by atoms with Crippen molar-refractivity contribution in [1.29, 1.82) is 0 Å². The van der Waals surface area contributed by atoms with Crippen LogP contribution in [-0.2, 0) is 38.1 Å². The number of fused-ring (bicyclic) bond motifs is 2. The van der Waals surface area contributed by atoms with Gasteiger partial charge in [0.15, 0.2) is 0 Å². The molecular formula is C21H29N5O2S. The standard InChI is InChI=1S/C21H29N5O2S/c27-21-13-16-15-29-12-5-18(16)22-26(21)11-10-24-6-8-25(9-7-24)14-19-17-3-1-2-4-20(17)28-23-19/h13H,1-12,14-15H2. The average Bonchev–Trinajstić information content (AvgIpc) is 3.16. The Morgan fingerprint density at radius 2 is 1.86 bits per heavy atom. The molecule has 1 aliphatic carbocycles. The summed E-state index contributed by atoms with van der Waals surface area (Å²) in [5, 5.41) is 8.99. The Labute approximate surface area is 175 Å². The van der Waals surface area contributed by atoms with E-state index in [0.717, 1.165) is 92.7 Å². The predicted octanol–water partition coefficient (Wildman–Crippen LogP) is 1.72. The number of thioether (sulfide) groups is 1. The normalized spacial score (nSPS) is 20.4. The first-order chi connectivity index (χ1) is 14.3. The summed E-state index contributed by atoms with van der Waals surface area (Å²) in [6.07, 6.45) is 5.62.